The minimum atomic E-state index is -4.61. The molecule has 0 aliphatic heterocycles. The fraction of sp³-hybridized carbons (Fsp3) is 0.120. The molecule has 0 spiro atoms. The maximum Gasteiger partial charge on any atom is 0.416 e. The molecule has 194 valence electrons. The van der Waals surface area contributed by atoms with E-state index in [0.717, 1.165) is 6.07 Å². The second-order valence-electron chi connectivity index (χ2n) is 8.08. The van der Waals surface area contributed by atoms with Gasteiger partial charge in [0.1, 0.15) is 28.7 Å². The van der Waals surface area contributed by atoms with Crippen LogP contribution in [-0.2, 0) is 18.0 Å². The van der Waals surface area contributed by atoms with Gasteiger partial charge in [-0.05, 0) is 36.4 Å². The Morgan fingerprint density at radius 2 is 1.84 bits per heavy atom. The minimum Gasteiger partial charge on any atom is -0.464 e. The molecular weight excluding hydrogens is 508 g/mol. The summed E-state index contributed by atoms with van der Waals surface area (Å²) in [6.45, 7) is 0. The van der Waals surface area contributed by atoms with Crippen LogP contribution in [0.4, 0.5) is 29.2 Å². The number of nitrogens with zero attached hydrogens (tertiary/aromatic N) is 4. The molecule has 38 heavy (non-hydrogen) atoms. The zero-order valence-electron chi connectivity index (χ0n) is 19.8. The predicted molar refractivity (Wildman–Crippen MR) is 129 cm³/mol. The second kappa shape index (κ2) is 9.50. The number of methoxy groups -OCH3 is 1. The van der Waals surface area contributed by atoms with Crippen molar-refractivity contribution in [1.29, 1.82) is 0 Å². The van der Waals surface area contributed by atoms with Crippen molar-refractivity contribution in [2.45, 2.75) is 6.18 Å². The first-order valence-electron chi connectivity index (χ1n) is 11.0. The van der Waals surface area contributed by atoms with Crippen LogP contribution in [0.5, 0.6) is 11.5 Å². The summed E-state index contributed by atoms with van der Waals surface area (Å²) in [6.07, 6.45) is -1.77. The van der Waals surface area contributed by atoms with E-state index in [9.17, 15) is 22.4 Å². The van der Waals surface area contributed by atoms with Crippen molar-refractivity contribution in [2.24, 2.45) is 7.05 Å². The number of esters is 1. The van der Waals surface area contributed by atoms with Gasteiger partial charge in [-0.2, -0.15) is 13.2 Å². The van der Waals surface area contributed by atoms with E-state index in [0.29, 0.717) is 46.2 Å². The number of anilines is 2. The number of ether oxygens (including phenoxy) is 2. The highest BCUT2D eigenvalue weighted by molar-refractivity contribution is 5.87. The van der Waals surface area contributed by atoms with Crippen molar-refractivity contribution in [1.82, 2.24) is 24.5 Å². The average molecular weight is 526 g/mol. The first-order chi connectivity index (χ1) is 18.1. The summed E-state index contributed by atoms with van der Waals surface area (Å²) in [7, 11) is 2.90. The van der Waals surface area contributed by atoms with E-state index in [-0.39, 0.29) is 17.3 Å². The lowest BCUT2D eigenvalue weighted by Gasteiger charge is -2.11. The highest BCUT2D eigenvalue weighted by atomic mass is 19.4. The zero-order chi connectivity index (χ0) is 27.0. The molecule has 5 aromatic rings. The lowest BCUT2D eigenvalue weighted by Crippen LogP contribution is -2.07. The Morgan fingerprint density at radius 3 is 2.61 bits per heavy atom. The van der Waals surface area contributed by atoms with Crippen LogP contribution >= 0.6 is 0 Å². The molecule has 0 atom stereocenters. The molecule has 2 N–H and O–H groups in total. The van der Waals surface area contributed by atoms with E-state index < -0.39 is 23.5 Å². The third-order valence-electron chi connectivity index (χ3n) is 5.58. The van der Waals surface area contributed by atoms with Crippen LogP contribution < -0.4 is 10.1 Å². The molecular formula is C25H18F4N6O3. The topological polar surface area (TPSA) is 107 Å². The number of imidazole rings is 2. The molecule has 0 amide bonds. The van der Waals surface area contributed by atoms with Gasteiger partial charge in [-0.3, -0.25) is 4.98 Å². The van der Waals surface area contributed by atoms with Crippen molar-refractivity contribution in [3.05, 3.63) is 78.0 Å². The number of aryl methyl sites for hydroxylation is 1. The Hall–Kier alpha value is -4.94. The van der Waals surface area contributed by atoms with E-state index >= 15 is 0 Å². The highest BCUT2D eigenvalue weighted by Gasteiger charge is 2.31. The van der Waals surface area contributed by atoms with Gasteiger partial charge in [-0.25, -0.2) is 19.2 Å². The lowest BCUT2D eigenvalue weighted by atomic mass is 10.2. The maximum absolute atomic E-state index is 14.2. The Bertz CT molecular complexity index is 1660. The van der Waals surface area contributed by atoms with Crippen LogP contribution in [0.15, 0.2) is 60.9 Å². The number of carbonyl (C=O) groups excluding carboxylic acids is 1. The second-order valence-corrected chi connectivity index (χ2v) is 8.08. The van der Waals surface area contributed by atoms with Crippen LogP contribution in [-0.4, -0.2) is 37.6 Å². The van der Waals surface area contributed by atoms with E-state index in [1.54, 1.807) is 41.9 Å². The smallest absolute Gasteiger partial charge is 0.416 e. The van der Waals surface area contributed by atoms with Crippen molar-refractivity contribution in [3.63, 3.8) is 0 Å². The molecule has 2 aromatic carbocycles. The monoisotopic (exact) mass is 526 g/mol. The maximum atomic E-state index is 14.2. The summed E-state index contributed by atoms with van der Waals surface area (Å²) >= 11 is 0. The van der Waals surface area contributed by atoms with Gasteiger partial charge in [0, 0.05) is 25.4 Å². The van der Waals surface area contributed by atoms with Gasteiger partial charge in [0.15, 0.2) is 5.82 Å². The fourth-order valence-corrected chi connectivity index (χ4v) is 3.68. The van der Waals surface area contributed by atoms with Crippen LogP contribution in [0.2, 0.25) is 0 Å². The summed E-state index contributed by atoms with van der Waals surface area (Å²) < 4.78 is 65.6. The number of nitrogens with one attached hydrogen (secondary N) is 2. The number of carbonyl (C=O) groups is 1. The number of aromatic amines is 1. The van der Waals surface area contributed by atoms with E-state index in [1.165, 1.54) is 19.5 Å². The molecule has 0 aliphatic rings. The third-order valence-corrected chi connectivity index (χ3v) is 5.58. The van der Waals surface area contributed by atoms with Gasteiger partial charge in [-0.15, -0.1) is 0 Å². The van der Waals surface area contributed by atoms with Crippen LogP contribution in [0.3, 0.4) is 0 Å². The third kappa shape index (κ3) is 4.85. The molecule has 0 saturated carbocycles. The fourth-order valence-electron chi connectivity index (χ4n) is 3.68. The number of pyridine rings is 1. The lowest BCUT2D eigenvalue weighted by molar-refractivity contribution is -0.137. The first-order valence-corrected chi connectivity index (χ1v) is 11.0. The summed E-state index contributed by atoms with van der Waals surface area (Å²) in [5.74, 6) is -0.0957. The predicted octanol–water partition coefficient (Wildman–Crippen LogP) is 5.84. The number of hydrogen-bond donors (Lipinski definition) is 2. The van der Waals surface area contributed by atoms with Crippen LogP contribution in [0.25, 0.3) is 22.6 Å². The molecule has 3 aromatic heterocycles. The molecule has 13 heteroatoms. The Labute approximate surface area is 212 Å². The Balaban J connectivity index is 1.39. The van der Waals surface area contributed by atoms with E-state index in [2.05, 4.69) is 30.0 Å². The normalized spacial score (nSPS) is 11.5. The van der Waals surface area contributed by atoms with Gasteiger partial charge in [0.2, 0.25) is 5.95 Å². The average Bonchev–Trinajstić information content (AvgIpc) is 3.50. The van der Waals surface area contributed by atoms with Crippen molar-refractivity contribution >= 4 is 28.6 Å². The number of H-pyrrole nitrogens is 1. The number of rotatable bonds is 6. The number of fused-ring (bicyclic) bond motifs is 1. The van der Waals surface area contributed by atoms with Gasteiger partial charge in [0.05, 0.1) is 35.6 Å². The molecule has 0 unspecified atom stereocenters. The summed E-state index contributed by atoms with van der Waals surface area (Å²) in [5, 5.41) is 2.64. The van der Waals surface area contributed by atoms with Crippen LogP contribution in [0.1, 0.15) is 16.1 Å². The van der Waals surface area contributed by atoms with Gasteiger partial charge < -0.3 is 24.3 Å². The number of hydrogen-bond acceptors (Lipinski definition) is 7. The molecule has 0 radical (unpaired) electrons. The minimum absolute atomic E-state index is 0.140. The quantitative estimate of drug-likeness (QED) is 0.212. The highest BCUT2D eigenvalue weighted by Crippen LogP contribution is 2.34. The molecule has 0 fully saturated rings. The summed E-state index contributed by atoms with van der Waals surface area (Å²) in [5.41, 5.74) is 0.351. The van der Waals surface area contributed by atoms with Gasteiger partial charge in [0.25, 0.3) is 0 Å². The molecule has 3 heterocycles. The Morgan fingerprint density at radius 1 is 1.05 bits per heavy atom. The number of benzene rings is 2. The molecule has 0 aliphatic carbocycles. The van der Waals surface area contributed by atoms with Crippen molar-refractivity contribution in [3.8, 4) is 23.0 Å². The standard InChI is InChI=1S/C25H18F4N6O3/c1-35-21-6-4-14(38-15-7-8-30-19(11-15)22-31-12-20(32-22)23(36)37-2)10-18(21)34-24(35)33-17-9-13(25(27,28)29)3-5-16(17)26/h3-12H,1-2H3,(H,31,32)(H,33,34). The molecule has 9 nitrogen and oxygen atoms in total. The molecule has 5 rings (SSSR count). The molecule has 0 bridgehead atoms. The van der Waals surface area contributed by atoms with Crippen LogP contribution in [0, 0.1) is 5.82 Å². The first kappa shape index (κ1) is 24.7. The van der Waals surface area contributed by atoms with Gasteiger partial charge >= 0.3 is 12.1 Å². The Kier molecular flexibility index (Phi) is 6.18. The van der Waals surface area contributed by atoms with Gasteiger partial charge in [-0.1, -0.05) is 0 Å². The summed E-state index contributed by atoms with van der Waals surface area (Å²) in [4.78, 5) is 27.2. The summed E-state index contributed by atoms with van der Waals surface area (Å²) in [6, 6.07) is 10.4. The SMILES string of the molecule is COC(=O)c1cnc(-c2cc(Oc3ccc4c(c3)nc(Nc3cc(C(F)(F)F)ccc3F)n4C)ccn2)[nH]1. The zero-order valence-corrected chi connectivity index (χ0v) is 19.8. The molecule has 0 saturated heterocycles. The van der Waals surface area contributed by atoms with Crippen molar-refractivity contribution < 1.29 is 31.8 Å². The van der Waals surface area contributed by atoms with E-state index in [1.807, 2.05) is 0 Å². The number of halogens is 4. The van der Waals surface area contributed by atoms with E-state index in [4.69, 9.17) is 4.74 Å². The largest absolute Gasteiger partial charge is 0.464 e. The number of alkyl halides is 3. The number of aromatic nitrogens is 5. The van der Waals surface area contributed by atoms with Crippen molar-refractivity contribution in [2.75, 3.05) is 12.4 Å².